The van der Waals surface area contributed by atoms with E-state index in [4.69, 9.17) is 14.7 Å². The zero-order valence-electron chi connectivity index (χ0n) is 16.5. The molecule has 2 amide bonds. The van der Waals surface area contributed by atoms with Crippen LogP contribution in [0.15, 0.2) is 42.5 Å². The van der Waals surface area contributed by atoms with Crippen molar-refractivity contribution in [1.29, 1.82) is 5.26 Å². The molecule has 29 heavy (non-hydrogen) atoms. The van der Waals surface area contributed by atoms with Crippen molar-refractivity contribution >= 4 is 17.5 Å². The minimum atomic E-state index is -0.404. The zero-order chi connectivity index (χ0) is 20.8. The Hall–Kier alpha value is -3.53. The fourth-order valence-corrected chi connectivity index (χ4v) is 3.37. The standard InChI is InChI=1S/C22H23N3O4/c1-28-19-7-6-15(11-20(19)29-2)8-9-25-14-17(12-21(25)26)22(27)24-18-5-3-4-16(10-18)13-23/h3-7,10-11,17H,8-9,12,14H2,1-2H3,(H,24,27). The van der Waals surface area contributed by atoms with Crippen molar-refractivity contribution in [3.05, 3.63) is 53.6 Å². The lowest BCUT2D eigenvalue weighted by atomic mass is 10.1. The van der Waals surface area contributed by atoms with Gasteiger partial charge in [0.25, 0.3) is 0 Å². The molecule has 1 atom stereocenters. The van der Waals surface area contributed by atoms with Crippen molar-refractivity contribution in [2.45, 2.75) is 12.8 Å². The van der Waals surface area contributed by atoms with E-state index in [1.54, 1.807) is 43.4 Å². The van der Waals surface area contributed by atoms with Crippen LogP contribution in [0.3, 0.4) is 0 Å². The Morgan fingerprint density at radius 2 is 2.00 bits per heavy atom. The van der Waals surface area contributed by atoms with Gasteiger partial charge in [0.1, 0.15) is 0 Å². The number of hydrogen-bond donors (Lipinski definition) is 1. The van der Waals surface area contributed by atoms with Crippen LogP contribution in [0.1, 0.15) is 17.5 Å². The van der Waals surface area contributed by atoms with Crippen LogP contribution >= 0.6 is 0 Å². The predicted molar refractivity (Wildman–Crippen MR) is 108 cm³/mol. The van der Waals surface area contributed by atoms with Gasteiger partial charge < -0.3 is 19.7 Å². The fraction of sp³-hybridized carbons (Fsp3) is 0.318. The Labute approximate surface area is 169 Å². The van der Waals surface area contributed by atoms with Crippen LogP contribution in [-0.2, 0) is 16.0 Å². The molecule has 150 valence electrons. The van der Waals surface area contributed by atoms with Gasteiger partial charge in [0.2, 0.25) is 11.8 Å². The number of benzene rings is 2. The molecule has 7 heteroatoms. The molecular formula is C22H23N3O4. The number of amides is 2. The van der Waals surface area contributed by atoms with Crippen molar-refractivity contribution in [1.82, 2.24) is 4.90 Å². The Morgan fingerprint density at radius 1 is 1.21 bits per heavy atom. The highest BCUT2D eigenvalue weighted by atomic mass is 16.5. The van der Waals surface area contributed by atoms with E-state index in [1.165, 1.54) is 0 Å². The smallest absolute Gasteiger partial charge is 0.229 e. The highest BCUT2D eigenvalue weighted by molar-refractivity contribution is 5.97. The van der Waals surface area contributed by atoms with E-state index in [9.17, 15) is 9.59 Å². The molecule has 0 radical (unpaired) electrons. The number of nitrogens with one attached hydrogen (secondary N) is 1. The number of likely N-dealkylation sites (tertiary alicyclic amines) is 1. The Morgan fingerprint density at radius 3 is 2.72 bits per heavy atom. The second kappa shape index (κ2) is 9.11. The average molecular weight is 393 g/mol. The van der Waals surface area contributed by atoms with Crippen LogP contribution in [0, 0.1) is 17.2 Å². The average Bonchev–Trinajstić information content (AvgIpc) is 3.12. The first-order valence-corrected chi connectivity index (χ1v) is 9.33. The van der Waals surface area contributed by atoms with Crippen molar-refractivity contribution in [3.63, 3.8) is 0 Å². The topological polar surface area (TPSA) is 91.7 Å². The minimum absolute atomic E-state index is 0.0311. The molecule has 1 aliphatic rings. The molecule has 2 aromatic rings. The quantitative estimate of drug-likeness (QED) is 0.781. The maximum atomic E-state index is 12.5. The lowest BCUT2D eigenvalue weighted by Crippen LogP contribution is -2.30. The monoisotopic (exact) mass is 393 g/mol. The second-order valence-corrected chi connectivity index (χ2v) is 6.86. The van der Waals surface area contributed by atoms with Crippen LogP contribution in [0.2, 0.25) is 0 Å². The van der Waals surface area contributed by atoms with Gasteiger partial charge in [-0.25, -0.2) is 0 Å². The van der Waals surface area contributed by atoms with E-state index in [2.05, 4.69) is 5.32 Å². The molecule has 3 rings (SSSR count). The molecule has 1 unspecified atom stereocenters. The molecule has 2 aromatic carbocycles. The zero-order valence-corrected chi connectivity index (χ0v) is 16.5. The summed E-state index contributed by atoms with van der Waals surface area (Å²) < 4.78 is 10.6. The number of hydrogen-bond acceptors (Lipinski definition) is 5. The molecule has 1 fully saturated rings. The molecule has 0 aliphatic carbocycles. The Kier molecular flexibility index (Phi) is 6.35. The number of nitrogens with zero attached hydrogens (tertiary/aromatic N) is 2. The summed E-state index contributed by atoms with van der Waals surface area (Å²) in [5.74, 6) is 0.664. The molecular weight excluding hydrogens is 370 g/mol. The normalized spacial score (nSPS) is 15.7. The van der Waals surface area contributed by atoms with Crippen molar-refractivity contribution < 1.29 is 19.1 Å². The molecule has 1 aliphatic heterocycles. The van der Waals surface area contributed by atoms with E-state index in [-0.39, 0.29) is 18.2 Å². The maximum absolute atomic E-state index is 12.5. The van der Waals surface area contributed by atoms with Crippen LogP contribution in [-0.4, -0.2) is 44.0 Å². The summed E-state index contributed by atoms with van der Waals surface area (Å²) in [6, 6.07) is 14.4. The van der Waals surface area contributed by atoms with Crippen molar-refractivity contribution in [2.24, 2.45) is 5.92 Å². The molecule has 0 saturated carbocycles. The Balaban J connectivity index is 1.57. The van der Waals surface area contributed by atoms with Gasteiger partial charge in [-0.2, -0.15) is 5.26 Å². The van der Waals surface area contributed by atoms with Gasteiger partial charge in [-0.3, -0.25) is 9.59 Å². The largest absolute Gasteiger partial charge is 0.493 e. The summed E-state index contributed by atoms with van der Waals surface area (Å²) in [5, 5.41) is 11.8. The summed E-state index contributed by atoms with van der Waals surface area (Å²) in [4.78, 5) is 26.6. The van der Waals surface area contributed by atoms with Gasteiger partial charge in [0.15, 0.2) is 11.5 Å². The number of methoxy groups -OCH3 is 2. The van der Waals surface area contributed by atoms with E-state index in [1.807, 2.05) is 24.3 Å². The number of carbonyl (C=O) groups excluding carboxylic acids is 2. The van der Waals surface area contributed by atoms with Gasteiger partial charge in [0, 0.05) is 25.2 Å². The van der Waals surface area contributed by atoms with Crippen LogP contribution < -0.4 is 14.8 Å². The number of anilines is 1. The molecule has 0 spiro atoms. The van der Waals surface area contributed by atoms with E-state index in [0.29, 0.717) is 42.3 Å². The summed E-state index contributed by atoms with van der Waals surface area (Å²) in [7, 11) is 3.17. The van der Waals surface area contributed by atoms with Crippen molar-refractivity contribution in [2.75, 3.05) is 32.6 Å². The lowest BCUT2D eigenvalue weighted by molar-refractivity contribution is -0.128. The highest BCUT2D eigenvalue weighted by Crippen LogP contribution is 2.28. The number of rotatable bonds is 7. The molecule has 1 heterocycles. The van der Waals surface area contributed by atoms with Crippen LogP contribution in [0.4, 0.5) is 5.69 Å². The van der Waals surface area contributed by atoms with E-state index >= 15 is 0 Å². The summed E-state index contributed by atoms with van der Waals surface area (Å²) in [6.07, 6.45) is 0.848. The second-order valence-electron chi connectivity index (χ2n) is 6.86. The van der Waals surface area contributed by atoms with Crippen LogP contribution in [0.25, 0.3) is 0 Å². The molecule has 7 nitrogen and oxygen atoms in total. The number of carbonyl (C=O) groups is 2. The SMILES string of the molecule is COc1ccc(CCN2CC(C(=O)Nc3cccc(C#N)c3)CC2=O)cc1OC. The highest BCUT2D eigenvalue weighted by Gasteiger charge is 2.34. The summed E-state index contributed by atoms with van der Waals surface area (Å²) in [6.45, 7) is 0.915. The summed E-state index contributed by atoms with van der Waals surface area (Å²) in [5.41, 5.74) is 2.06. The first kappa shape index (κ1) is 20.2. The first-order valence-electron chi connectivity index (χ1n) is 9.33. The van der Waals surface area contributed by atoms with E-state index in [0.717, 1.165) is 5.56 Å². The third kappa shape index (κ3) is 4.85. The lowest BCUT2D eigenvalue weighted by Gasteiger charge is -2.17. The van der Waals surface area contributed by atoms with Gasteiger partial charge in [-0.15, -0.1) is 0 Å². The first-order chi connectivity index (χ1) is 14.0. The number of nitriles is 1. The minimum Gasteiger partial charge on any atom is -0.493 e. The maximum Gasteiger partial charge on any atom is 0.229 e. The van der Waals surface area contributed by atoms with Gasteiger partial charge in [0.05, 0.1) is 31.8 Å². The third-order valence-corrected chi connectivity index (χ3v) is 4.96. The van der Waals surface area contributed by atoms with Gasteiger partial charge in [-0.1, -0.05) is 12.1 Å². The van der Waals surface area contributed by atoms with Crippen molar-refractivity contribution in [3.8, 4) is 17.6 Å². The Bertz CT molecular complexity index is 951. The third-order valence-electron chi connectivity index (χ3n) is 4.96. The van der Waals surface area contributed by atoms with Gasteiger partial charge >= 0.3 is 0 Å². The van der Waals surface area contributed by atoms with Gasteiger partial charge in [-0.05, 0) is 42.3 Å². The molecule has 0 aromatic heterocycles. The predicted octanol–water partition coefficient (Wildman–Crippen LogP) is 2.61. The fourth-order valence-electron chi connectivity index (χ4n) is 3.37. The van der Waals surface area contributed by atoms with E-state index < -0.39 is 5.92 Å². The van der Waals surface area contributed by atoms with Crippen LogP contribution in [0.5, 0.6) is 11.5 Å². The molecule has 1 N–H and O–H groups in total. The molecule has 1 saturated heterocycles. The number of ether oxygens (including phenoxy) is 2. The molecule has 0 bridgehead atoms. The summed E-state index contributed by atoms with van der Waals surface area (Å²) >= 11 is 0.